The molecule has 33 heavy (non-hydrogen) atoms. The minimum absolute atomic E-state index is 0.0915. The van der Waals surface area contributed by atoms with Gasteiger partial charge in [-0.3, -0.25) is 19.3 Å². The molecular weight excluding hydrogens is 511 g/mol. The summed E-state index contributed by atoms with van der Waals surface area (Å²) in [6.07, 6.45) is 1.55. The molecule has 11 heteroatoms. The van der Waals surface area contributed by atoms with Gasteiger partial charge < -0.3 is 9.47 Å². The number of nitrogens with zero attached hydrogens (tertiary/aromatic N) is 2. The van der Waals surface area contributed by atoms with Gasteiger partial charge in [-0.1, -0.05) is 34.8 Å². The van der Waals surface area contributed by atoms with E-state index in [4.69, 9.17) is 44.3 Å². The fraction of sp³-hybridized carbons (Fsp3) is 0.182. The van der Waals surface area contributed by atoms with E-state index >= 15 is 0 Å². The third-order valence-electron chi connectivity index (χ3n) is 4.14. The molecule has 3 rings (SSSR count). The standard InChI is InChI=1S/C22H17Cl3N2O5S/c1-4-31-18-8-13(7-16(25)20(18)32-12(3)29)9-19-21(30)26-22(33-19)27(11(2)28)17-10-14(23)5-6-15(17)24/h5-10H,4H2,1-3H3/b19-9+. The molecule has 172 valence electrons. The fourth-order valence-electron chi connectivity index (χ4n) is 2.89. The highest BCUT2D eigenvalue weighted by Gasteiger charge is 2.30. The van der Waals surface area contributed by atoms with Crippen molar-refractivity contribution < 1.29 is 23.9 Å². The second kappa shape index (κ2) is 10.6. The van der Waals surface area contributed by atoms with Gasteiger partial charge in [0.25, 0.3) is 5.91 Å². The first-order chi connectivity index (χ1) is 15.6. The maximum absolute atomic E-state index is 12.6. The van der Waals surface area contributed by atoms with E-state index in [1.165, 1.54) is 30.9 Å². The average molecular weight is 528 g/mol. The summed E-state index contributed by atoms with van der Waals surface area (Å²) in [4.78, 5) is 41.8. The van der Waals surface area contributed by atoms with Crippen molar-refractivity contribution >= 4 is 81.3 Å². The smallest absolute Gasteiger partial charge is 0.308 e. The Morgan fingerprint density at radius 1 is 1.12 bits per heavy atom. The lowest BCUT2D eigenvalue weighted by atomic mass is 10.2. The molecule has 0 saturated carbocycles. The van der Waals surface area contributed by atoms with Crippen molar-refractivity contribution in [3.8, 4) is 11.5 Å². The van der Waals surface area contributed by atoms with E-state index in [-0.39, 0.29) is 31.6 Å². The van der Waals surface area contributed by atoms with E-state index < -0.39 is 17.8 Å². The van der Waals surface area contributed by atoms with Crippen molar-refractivity contribution in [2.24, 2.45) is 4.99 Å². The molecule has 1 aliphatic heterocycles. The molecule has 0 aromatic heterocycles. The van der Waals surface area contributed by atoms with Crippen LogP contribution in [0.2, 0.25) is 15.1 Å². The zero-order valence-electron chi connectivity index (χ0n) is 17.6. The van der Waals surface area contributed by atoms with Gasteiger partial charge >= 0.3 is 5.97 Å². The largest absolute Gasteiger partial charge is 0.490 e. The molecule has 0 aliphatic carbocycles. The first kappa shape index (κ1) is 25.1. The fourth-order valence-corrected chi connectivity index (χ4v) is 4.48. The number of carbonyl (C=O) groups excluding carboxylic acids is 3. The normalized spacial score (nSPS) is 14.3. The Hall–Kier alpha value is -2.52. The lowest BCUT2D eigenvalue weighted by Gasteiger charge is -2.21. The first-order valence-electron chi connectivity index (χ1n) is 9.53. The predicted molar refractivity (Wildman–Crippen MR) is 132 cm³/mol. The molecule has 0 N–H and O–H groups in total. The van der Waals surface area contributed by atoms with Crippen LogP contribution >= 0.6 is 46.6 Å². The number of benzene rings is 2. The van der Waals surface area contributed by atoms with Crippen LogP contribution < -0.4 is 14.4 Å². The zero-order chi connectivity index (χ0) is 24.3. The highest BCUT2D eigenvalue weighted by Crippen LogP contribution is 2.40. The summed E-state index contributed by atoms with van der Waals surface area (Å²) in [5.74, 6) is -1.15. The van der Waals surface area contributed by atoms with Crippen LogP contribution in [0, 0.1) is 0 Å². The first-order valence-corrected chi connectivity index (χ1v) is 11.5. The summed E-state index contributed by atoms with van der Waals surface area (Å²) in [5, 5.41) is 0.917. The molecule has 2 aromatic rings. The lowest BCUT2D eigenvalue weighted by Crippen LogP contribution is -2.32. The third kappa shape index (κ3) is 5.89. The molecule has 2 amide bonds. The van der Waals surface area contributed by atoms with Crippen LogP contribution in [-0.2, 0) is 14.4 Å². The zero-order valence-corrected chi connectivity index (χ0v) is 20.7. The Labute approximate surface area is 209 Å². The van der Waals surface area contributed by atoms with E-state index in [9.17, 15) is 14.4 Å². The van der Waals surface area contributed by atoms with Gasteiger partial charge in [-0.2, -0.15) is 4.99 Å². The molecule has 0 spiro atoms. The van der Waals surface area contributed by atoms with Gasteiger partial charge in [-0.05, 0) is 60.7 Å². The Morgan fingerprint density at radius 2 is 1.85 bits per heavy atom. The number of aliphatic imine (C=N–C) groups is 1. The molecule has 7 nitrogen and oxygen atoms in total. The summed E-state index contributed by atoms with van der Waals surface area (Å²) >= 11 is 19.6. The lowest BCUT2D eigenvalue weighted by molar-refractivity contribution is -0.132. The number of thioether (sulfide) groups is 1. The Bertz CT molecular complexity index is 1210. The second-order valence-electron chi connectivity index (χ2n) is 6.62. The van der Waals surface area contributed by atoms with Crippen molar-refractivity contribution in [3.63, 3.8) is 0 Å². The van der Waals surface area contributed by atoms with Crippen LogP contribution in [0.4, 0.5) is 5.69 Å². The van der Waals surface area contributed by atoms with Gasteiger partial charge in [0.05, 0.1) is 27.2 Å². The highest BCUT2D eigenvalue weighted by atomic mass is 35.5. The topological polar surface area (TPSA) is 85.3 Å². The highest BCUT2D eigenvalue weighted by molar-refractivity contribution is 8.19. The van der Waals surface area contributed by atoms with Crippen LogP contribution in [-0.4, -0.2) is 29.6 Å². The van der Waals surface area contributed by atoms with Crippen molar-refractivity contribution in [1.29, 1.82) is 0 Å². The third-order valence-corrected chi connectivity index (χ3v) is 5.94. The molecule has 0 atom stereocenters. The number of carbonyl (C=O) groups is 3. The summed E-state index contributed by atoms with van der Waals surface area (Å²) in [7, 11) is 0. The van der Waals surface area contributed by atoms with Crippen LogP contribution in [0.5, 0.6) is 11.5 Å². The van der Waals surface area contributed by atoms with Crippen LogP contribution in [0.1, 0.15) is 26.3 Å². The maximum Gasteiger partial charge on any atom is 0.308 e. The van der Waals surface area contributed by atoms with Crippen LogP contribution in [0.25, 0.3) is 6.08 Å². The summed E-state index contributed by atoms with van der Waals surface area (Å²) in [6.45, 7) is 4.65. The van der Waals surface area contributed by atoms with Crippen molar-refractivity contribution in [2.45, 2.75) is 20.8 Å². The van der Waals surface area contributed by atoms with E-state index in [0.717, 1.165) is 11.8 Å². The molecule has 2 aromatic carbocycles. The number of ether oxygens (including phenoxy) is 2. The number of rotatable bonds is 5. The number of halogens is 3. The monoisotopic (exact) mass is 526 g/mol. The minimum Gasteiger partial charge on any atom is -0.490 e. The number of amidine groups is 1. The molecule has 0 fully saturated rings. The molecular formula is C22H17Cl3N2O5S. The van der Waals surface area contributed by atoms with Gasteiger partial charge in [0.1, 0.15) is 0 Å². The minimum atomic E-state index is -0.549. The maximum atomic E-state index is 12.6. The number of amides is 2. The molecule has 0 radical (unpaired) electrons. The summed E-state index contributed by atoms with van der Waals surface area (Å²) in [5.41, 5.74) is 0.825. The Kier molecular flexibility index (Phi) is 8.07. The van der Waals surface area contributed by atoms with E-state index in [0.29, 0.717) is 22.9 Å². The van der Waals surface area contributed by atoms with E-state index in [1.807, 2.05) is 0 Å². The SMILES string of the molecule is CCOc1cc(/C=C2/SC(N(C(C)=O)c3cc(Cl)ccc3Cl)=NC2=O)cc(Cl)c1OC(C)=O. The summed E-state index contributed by atoms with van der Waals surface area (Å²) < 4.78 is 10.7. The molecule has 0 saturated heterocycles. The van der Waals surface area contributed by atoms with Gasteiger partial charge in [0.2, 0.25) is 5.91 Å². The molecule has 0 unspecified atom stereocenters. The van der Waals surface area contributed by atoms with E-state index in [1.54, 1.807) is 31.2 Å². The van der Waals surface area contributed by atoms with Gasteiger partial charge in [0.15, 0.2) is 16.7 Å². The number of anilines is 1. The van der Waals surface area contributed by atoms with Gasteiger partial charge in [0, 0.05) is 18.9 Å². The van der Waals surface area contributed by atoms with Gasteiger partial charge in [-0.15, -0.1) is 0 Å². The number of hydrogen-bond acceptors (Lipinski definition) is 6. The van der Waals surface area contributed by atoms with Gasteiger partial charge in [-0.25, -0.2) is 0 Å². The molecule has 1 heterocycles. The van der Waals surface area contributed by atoms with E-state index in [2.05, 4.69) is 4.99 Å². The number of esters is 1. The molecule has 1 aliphatic rings. The summed E-state index contributed by atoms with van der Waals surface area (Å²) in [6, 6.07) is 7.77. The van der Waals surface area contributed by atoms with Crippen LogP contribution in [0.15, 0.2) is 40.2 Å². The van der Waals surface area contributed by atoms with Crippen molar-refractivity contribution in [2.75, 3.05) is 11.5 Å². The quantitative estimate of drug-likeness (QED) is 0.270. The molecule has 0 bridgehead atoms. The Morgan fingerprint density at radius 3 is 2.48 bits per heavy atom. The van der Waals surface area contributed by atoms with Crippen molar-refractivity contribution in [1.82, 2.24) is 0 Å². The predicted octanol–water partition coefficient (Wildman–Crippen LogP) is 5.99. The average Bonchev–Trinajstić information content (AvgIpc) is 3.07. The second-order valence-corrected chi connectivity index (χ2v) is 8.88. The van der Waals surface area contributed by atoms with Crippen molar-refractivity contribution in [3.05, 3.63) is 55.9 Å². The Balaban J connectivity index is 1.96. The number of hydrogen-bond donors (Lipinski definition) is 0. The van der Waals surface area contributed by atoms with Crippen LogP contribution in [0.3, 0.4) is 0 Å².